The average Bonchev–Trinajstić information content (AvgIpc) is 2.56. The van der Waals surface area contributed by atoms with Gasteiger partial charge in [-0.3, -0.25) is 0 Å². The van der Waals surface area contributed by atoms with Gasteiger partial charge >= 0.3 is 0 Å². The van der Waals surface area contributed by atoms with Crippen LogP contribution in [-0.2, 0) is 4.74 Å². The van der Waals surface area contributed by atoms with Crippen molar-refractivity contribution >= 4 is 0 Å². The Morgan fingerprint density at radius 2 is 1.43 bits per heavy atom. The fraction of sp³-hybridized carbons (Fsp3) is 0.900. The van der Waals surface area contributed by atoms with E-state index in [0.29, 0.717) is 6.61 Å². The van der Waals surface area contributed by atoms with Crippen molar-refractivity contribution in [3.8, 4) is 0 Å². The fourth-order valence-corrected chi connectivity index (χ4v) is 2.83. The van der Waals surface area contributed by atoms with Crippen LogP contribution in [0, 0.1) is 0 Å². The van der Waals surface area contributed by atoms with Crippen molar-refractivity contribution in [1.29, 1.82) is 0 Å². The highest BCUT2D eigenvalue weighted by Gasteiger charge is 2.13. The third kappa shape index (κ3) is 14.9. The van der Waals surface area contributed by atoms with Crippen LogP contribution in [0.5, 0.6) is 0 Å². The van der Waals surface area contributed by atoms with Crippen LogP contribution in [0.1, 0.15) is 84.0 Å². The first-order chi connectivity index (χ1) is 11.3. The van der Waals surface area contributed by atoms with Crippen LogP contribution < -0.4 is 5.32 Å². The van der Waals surface area contributed by atoms with Gasteiger partial charge in [0, 0.05) is 7.11 Å². The summed E-state index contributed by atoms with van der Waals surface area (Å²) in [6, 6.07) is -0.0198. The Morgan fingerprint density at radius 1 is 0.913 bits per heavy atom. The molecule has 0 radical (unpaired) electrons. The Kier molecular flexibility index (Phi) is 17.7. The van der Waals surface area contributed by atoms with Gasteiger partial charge in [-0.05, 0) is 19.9 Å². The number of allylic oxidation sites excluding steroid dienone is 1. The Bertz CT molecular complexity index is 256. The molecule has 2 N–H and O–H groups in total. The Hall–Kier alpha value is -0.380. The summed E-state index contributed by atoms with van der Waals surface area (Å²) in [5.41, 5.74) is 0. The molecule has 0 aliphatic carbocycles. The van der Waals surface area contributed by atoms with E-state index >= 15 is 0 Å². The predicted octanol–water partition coefficient (Wildman–Crippen LogP) is 4.84. The Labute approximate surface area is 144 Å². The van der Waals surface area contributed by atoms with Gasteiger partial charge in [-0.1, -0.05) is 83.3 Å². The first kappa shape index (κ1) is 22.6. The molecular weight excluding hydrogens is 286 g/mol. The van der Waals surface area contributed by atoms with Gasteiger partial charge in [0.2, 0.25) is 0 Å². The molecule has 0 saturated heterocycles. The van der Waals surface area contributed by atoms with E-state index in [0.717, 1.165) is 6.42 Å². The van der Waals surface area contributed by atoms with Crippen molar-refractivity contribution in [2.45, 2.75) is 96.1 Å². The second-order valence-corrected chi connectivity index (χ2v) is 6.59. The predicted molar refractivity (Wildman–Crippen MR) is 101 cm³/mol. The molecule has 0 fully saturated rings. The van der Waals surface area contributed by atoms with Crippen LogP contribution in [0.15, 0.2) is 12.2 Å². The summed E-state index contributed by atoms with van der Waals surface area (Å²) in [6.07, 6.45) is 19.7. The van der Waals surface area contributed by atoms with Gasteiger partial charge in [0.25, 0.3) is 0 Å². The van der Waals surface area contributed by atoms with E-state index in [-0.39, 0.29) is 6.04 Å². The normalized spacial score (nSPS) is 14.4. The lowest BCUT2D eigenvalue weighted by Gasteiger charge is -2.18. The molecule has 0 amide bonds. The first-order valence-electron chi connectivity index (χ1n) is 9.77. The maximum atomic E-state index is 9.99. The molecule has 0 bridgehead atoms. The second-order valence-electron chi connectivity index (χ2n) is 6.59. The van der Waals surface area contributed by atoms with E-state index < -0.39 is 6.10 Å². The van der Waals surface area contributed by atoms with Gasteiger partial charge in [-0.15, -0.1) is 0 Å². The smallest absolute Gasteiger partial charge is 0.0896 e. The molecule has 0 saturated carbocycles. The summed E-state index contributed by atoms with van der Waals surface area (Å²) in [4.78, 5) is 0. The molecule has 3 heteroatoms. The minimum atomic E-state index is -0.465. The van der Waals surface area contributed by atoms with Crippen LogP contribution in [0.3, 0.4) is 0 Å². The zero-order valence-corrected chi connectivity index (χ0v) is 15.9. The molecule has 0 aliphatic heterocycles. The highest BCUT2D eigenvalue weighted by atomic mass is 16.5. The van der Waals surface area contributed by atoms with E-state index in [1.807, 2.05) is 13.1 Å². The van der Waals surface area contributed by atoms with E-state index in [9.17, 15) is 5.11 Å². The molecule has 3 nitrogen and oxygen atoms in total. The molecule has 0 aromatic heterocycles. The van der Waals surface area contributed by atoms with Crippen LogP contribution in [0.2, 0.25) is 0 Å². The number of ether oxygens (including phenoxy) is 1. The standard InChI is InChI=1S/C20H41NO2/c1-4-5-6-7-8-9-10-11-12-13-14-15-16-17-20(22)19(21-2)18-23-3/h16-17,19-22H,4-15,18H2,1-3H3/b17-16+. The van der Waals surface area contributed by atoms with E-state index in [1.54, 1.807) is 7.11 Å². The number of methoxy groups -OCH3 is 1. The zero-order chi connectivity index (χ0) is 17.2. The topological polar surface area (TPSA) is 41.5 Å². The summed E-state index contributed by atoms with van der Waals surface area (Å²) in [5.74, 6) is 0. The molecule has 2 atom stereocenters. The van der Waals surface area contributed by atoms with Crippen molar-refractivity contribution in [3.63, 3.8) is 0 Å². The van der Waals surface area contributed by atoms with Gasteiger partial charge in [-0.25, -0.2) is 0 Å². The number of unbranched alkanes of at least 4 members (excludes halogenated alkanes) is 11. The molecular formula is C20H41NO2. The van der Waals surface area contributed by atoms with Gasteiger partial charge in [0.05, 0.1) is 18.8 Å². The Morgan fingerprint density at radius 3 is 1.91 bits per heavy atom. The highest BCUT2D eigenvalue weighted by Crippen LogP contribution is 2.12. The minimum absolute atomic E-state index is 0.0198. The van der Waals surface area contributed by atoms with E-state index in [4.69, 9.17) is 4.74 Å². The van der Waals surface area contributed by atoms with Crippen molar-refractivity contribution in [2.75, 3.05) is 20.8 Å². The van der Waals surface area contributed by atoms with Gasteiger partial charge in [0.1, 0.15) is 0 Å². The highest BCUT2D eigenvalue weighted by molar-refractivity contribution is 4.94. The number of rotatable bonds is 17. The number of aliphatic hydroxyl groups is 1. The molecule has 0 spiro atoms. The summed E-state index contributed by atoms with van der Waals surface area (Å²) < 4.78 is 5.08. The lowest BCUT2D eigenvalue weighted by Crippen LogP contribution is -2.40. The Balaban J connectivity index is 3.36. The van der Waals surface area contributed by atoms with Crippen molar-refractivity contribution < 1.29 is 9.84 Å². The molecule has 0 rings (SSSR count). The second kappa shape index (κ2) is 18.0. The molecule has 2 unspecified atom stereocenters. The number of aliphatic hydroxyl groups excluding tert-OH is 1. The van der Waals surface area contributed by atoms with Crippen LogP contribution >= 0.6 is 0 Å². The van der Waals surface area contributed by atoms with Crippen LogP contribution in [0.25, 0.3) is 0 Å². The van der Waals surface area contributed by atoms with Gasteiger partial charge < -0.3 is 15.2 Å². The minimum Gasteiger partial charge on any atom is -0.387 e. The van der Waals surface area contributed by atoms with Gasteiger partial charge in [0.15, 0.2) is 0 Å². The lowest BCUT2D eigenvalue weighted by atomic mass is 10.0. The average molecular weight is 328 g/mol. The van der Waals surface area contributed by atoms with Crippen LogP contribution in [0.4, 0.5) is 0 Å². The number of nitrogens with one attached hydrogen (secondary N) is 1. The SMILES string of the molecule is CCCCCCCCCCCCC/C=C/C(O)C(COC)NC. The first-order valence-corrected chi connectivity index (χ1v) is 9.77. The molecule has 0 aromatic carbocycles. The third-order valence-corrected chi connectivity index (χ3v) is 4.44. The zero-order valence-electron chi connectivity index (χ0n) is 15.9. The summed E-state index contributed by atoms with van der Waals surface area (Å²) in [6.45, 7) is 2.80. The van der Waals surface area contributed by atoms with Crippen LogP contribution in [-0.4, -0.2) is 38.0 Å². The van der Waals surface area contributed by atoms with Crippen molar-refractivity contribution in [2.24, 2.45) is 0 Å². The summed E-state index contributed by atoms with van der Waals surface area (Å²) in [5, 5.41) is 13.1. The van der Waals surface area contributed by atoms with Crippen molar-refractivity contribution in [1.82, 2.24) is 5.32 Å². The lowest BCUT2D eigenvalue weighted by molar-refractivity contribution is 0.0994. The molecule has 0 aromatic rings. The van der Waals surface area contributed by atoms with Gasteiger partial charge in [-0.2, -0.15) is 0 Å². The van der Waals surface area contributed by atoms with Crippen molar-refractivity contribution in [3.05, 3.63) is 12.2 Å². The fourth-order valence-electron chi connectivity index (χ4n) is 2.83. The largest absolute Gasteiger partial charge is 0.387 e. The quantitative estimate of drug-likeness (QED) is 0.297. The monoisotopic (exact) mass is 327 g/mol. The number of hydrogen-bond acceptors (Lipinski definition) is 3. The number of likely N-dealkylation sites (N-methyl/N-ethyl adjacent to an activating group) is 1. The third-order valence-electron chi connectivity index (χ3n) is 4.44. The molecule has 138 valence electrons. The molecule has 23 heavy (non-hydrogen) atoms. The maximum Gasteiger partial charge on any atom is 0.0896 e. The van der Waals surface area contributed by atoms with E-state index in [1.165, 1.54) is 70.6 Å². The number of hydrogen-bond donors (Lipinski definition) is 2. The summed E-state index contributed by atoms with van der Waals surface area (Å²) >= 11 is 0. The maximum absolute atomic E-state index is 9.99. The summed E-state index contributed by atoms with van der Waals surface area (Å²) in [7, 11) is 3.51. The molecule has 0 aliphatic rings. The molecule has 0 heterocycles. The van der Waals surface area contributed by atoms with E-state index in [2.05, 4.69) is 18.3 Å².